The van der Waals surface area contributed by atoms with E-state index in [1.165, 1.54) is 13.1 Å². The van der Waals surface area contributed by atoms with Crippen LogP contribution in [0.15, 0.2) is 78.9 Å². The molecule has 0 fully saturated rings. The van der Waals surface area contributed by atoms with E-state index in [0.29, 0.717) is 22.7 Å². The van der Waals surface area contributed by atoms with E-state index in [0.717, 1.165) is 16.3 Å². The Kier molecular flexibility index (Phi) is 5.65. The molecule has 0 aliphatic rings. The van der Waals surface area contributed by atoms with E-state index < -0.39 is 10.0 Å². The lowest BCUT2D eigenvalue weighted by Gasteiger charge is -2.17. The van der Waals surface area contributed by atoms with Crippen molar-refractivity contribution in [2.24, 2.45) is 0 Å². The maximum absolute atomic E-state index is 12.5. The molecule has 28 heavy (non-hydrogen) atoms. The predicted octanol–water partition coefficient (Wildman–Crippen LogP) is 4.13. The second-order valence-electron chi connectivity index (χ2n) is 6.17. The lowest BCUT2D eigenvalue weighted by molar-refractivity contribution is 0.102. The van der Waals surface area contributed by atoms with Crippen LogP contribution >= 0.6 is 0 Å². The summed E-state index contributed by atoms with van der Waals surface area (Å²) < 4.78 is 30.2. The minimum Gasteiger partial charge on any atom is -0.457 e. The lowest BCUT2D eigenvalue weighted by Crippen LogP contribution is -2.25. The van der Waals surface area contributed by atoms with Crippen LogP contribution in [0.3, 0.4) is 0 Å². The number of anilines is 2. The van der Waals surface area contributed by atoms with E-state index in [-0.39, 0.29) is 5.91 Å². The third-order valence-electron chi connectivity index (χ3n) is 4.06. The first-order valence-corrected chi connectivity index (χ1v) is 10.4. The van der Waals surface area contributed by atoms with Gasteiger partial charge in [0, 0.05) is 18.3 Å². The van der Waals surface area contributed by atoms with Gasteiger partial charge in [0.15, 0.2) is 0 Å². The normalized spacial score (nSPS) is 10.9. The number of sulfonamides is 1. The summed E-state index contributed by atoms with van der Waals surface area (Å²) in [6, 6.07) is 22.8. The van der Waals surface area contributed by atoms with Crippen molar-refractivity contribution in [2.45, 2.75) is 0 Å². The second kappa shape index (κ2) is 8.14. The summed E-state index contributed by atoms with van der Waals surface area (Å²) in [4.78, 5) is 12.5. The molecule has 3 rings (SSSR count). The standard InChI is InChI=1S/C21H20N2O4S/c1-23(28(2,25)26)18-8-6-7-16(15-18)21(24)22-17-11-13-20(14-12-17)27-19-9-4-3-5-10-19/h3-15H,1-2H3,(H,22,24). The van der Waals surface area contributed by atoms with Gasteiger partial charge < -0.3 is 10.1 Å². The fraction of sp³-hybridized carbons (Fsp3) is 0.0952. The first-order chi connectivity index (χ1) is 13.3. The Bertz CT molecular complexity index is 1070. The van der Waals surface area contributed by atoms with Gasteiger partial charge in [-0.2, -0.15) is 0 Å². The van der Waals surface area contributed by atoms with Crippen molar-refractivity contribution < 1.29 is 17.9 Å². The van der Waals surface area contributed by atoms with Crippen LogP contribution < -0.4 is 14.4 Å². The zero-order chi connectivity index (χ0) is 20.1. The fourth-order valence-electron chi connectivity index (χ4n) is 2.47. The van der Waals surface area contributed by atoms with Crippen molar-refractivity contribution >= 4 is 27.3 Å². The Morgan fingerprint density at radius 1 is 0.893 bits per heavy atom. The van der Waals surface area contributed by atoms with Gasteiger partial charge in [-0.05, 0) is 54.6 Å². The van der Waals surface area contributed by atoms with E-state index in [9.17, 15) is 13.2 Å². The maximum atomic E-state index is 12.5. The molecule has 0 atom stereocenters. The molecule has 0 radical (unpaired) electrons. The quantitative estimate of drug-likeness (QED) is 0.680. The van der Waals surface area contributed by atoms with Crippen LogP contribution in [0.4, 0.5) is 11.4 Å². The van der Waals surface area contributed by atoms with Crippen molar-refractivity contribution in [2.75, 3.05) is 22.9 Å². The summed E-state index contributed by atoms with van der Waals surface area (Å²) in [7, 11) is -1.96. The molecule has 0 unspecified atom stereocenters. The summed E-state index contributed by atoms with van der Waals surface area (Å²) in [5, 5.41) is 2.79. The number of nitrogens with zero attached hydrogens (tertiary/aromatic N) is 1. The summed E-state index contributed by atoms with van der Waals surface area (Å²) in [5.74, 6) is 1.05. The Labute approximate surface area is 164 Å². The lowest BCUT2D eigenvalue weighted by atomic mass is 10.2. The Morgan fingerprint density at radius 2 is 1.54 bits per heavy atom. The van der Waals surface area contributed by atoms with Gasteiger partial charge in [-0.15, -0.1) is 0 Å². The molecular weight excluding hydrogens is 376 g/mol. The van der Waals surface area contributed by atoms with Gasteiger partial charge in [-0.3, -0.25) is 9.10 Å². The monoisotopic (exact) mass is 396 g/mol. The number of rotatable bonds is 6. The Hall–Kier alpha value is -3.32. The molecule has 0 aliphatic heterocycles. The number of para-hydroxylation sites is 1. The van der Waals surface area contributed by atoms with Crippen LogP contribution in [-0.2, 0) is 10.0 Å². The maximum Gasteiger partial charge on any atom is 0.255 e. The van der Waals surface area contributed by atoms with Crippen LogP contribution in [0.1, 0.15) is 10.4 Å². The highest BCUT2D eigenvalue weighted by molar-refractivity contribution is 7.92. The van der Waals surface area contributed by atoms with Crippen LogP contribution in [0, 0.1) is 0 Å². The molecule has 1 amide bonds. The number of benzene rings is 3. The van der Waals surface area contributed by atoms with E-state index in [1.807, 2.05) is 30.3 Å². The van der Waals surface area contributed by atoms with Gasteiger partial charge in [0.1, 0.15) is 11.5 Å². The molecule has 3 aromatic carbocycles. The second-order valence-corrected chi connectivity index (χ2v) is 8.19. The van der Waals surface area contributed by atoms with Crippen LogP contribution in [-0.4, -0.2) is 27.6 Å². The minimum atomic E-state index is -3.40. The molecule has 0 saturated heterocycles. The molecule has 0 aliphatic carbocycles. The SMILES string of the molecule is CN(c1cccc(C(=O)Nc2ccc(Oc3ccccc3)cc2)c1)S(C)(=O)=O. The van der Waals surface area contributed by atoms with Gasteiger partial charge in [0.05, 0.1) is 11.9 Å². The first kappa shape index (κ1) is 19.4. The van der Waals surface area contributed by atoms with E-state index >= 15 is 0 Å². The van der Waals surface area contributed by atoms with Crippen LogP contribution in [0.5, 0.6) is 11.5 Å². The third kappa shape index (κ3) is 4.89. The van der Waals surface area contributed by atoms with Crippen molar-refractivity contribution in [3.63, 3.8) is 0 Å². The molecule has 0 saturated carbocycles. The third-order valence-corrected chi connectivity index (χ3v) is 5.27. The number of hydrogen-bond acceptors (Lipinski definition) is 4. The van der Waals surface area contributed by atoms with Gasteiger partial charge in [0.25, 0.3) is 5.91 Å². The largest absolute Gasteiger partial charge is 0.457 e. The highest BCUT2D eigenvalue weighted by Gasteiger charge is 2.14. The molecule has 0 heterocycles. The number of nitrogens with one attached hydrogen (secondary N) is 1. The topological polar surface area (TPSA) is 75.7 Å². The molecule has 0 spiro atoms. The molecule has 6 nitrogen and oxygen atoms in total. The molecule has 3 aromatic rings. The number of amides is 1. The summed E-state index contributed by atoms with van der Waals surface area (Å²) in [6.45, 7) is 0. The average Bonchev–Trinajstić information content (AvgIpc) is 2.69. The molecule has 0 bridgehead atoms. The van der Waals surface area contributed by atoms with Gasteiger partial charge >= 0.3 is 0 Å². The van der Waals surface area contributed by atoms with Crippen molar-refractivity contribution in [3.8, 4) is 11.5 Å². The van der Waals surface area contributed by atoms with Gasteiger partial charge in [-0.1, -0.05) is 24.3 Å². The number of hydrogen-bond donors (Lipinski definition) is 1. The number of carbonyl (C=O) groups excluding carboxylic acids is 1. The van der Waals surface area contributed by atoms with Crippen molar-refractivity contribution in [1.82, 2.24) is 0 Å². The van der Waals surface area contributed by atoms with Gasteiger partial charge in [-0.25, -0.2) is 8.42 Å². The number of carbonyl (C=O) groups is 1. The Balaban J connectivity index is 1.69. The highest BCUT2D eigenvalue weighted by Crippen LogP contribution is 2.23. The summed E-state index contributed by atoms with van der Waals surface area (Å²) >= 11 is 0. The highest BCUT2D eigenvalue weighted by atomic mass is 32.2. The summed E-state index contributed by atoms with van der Waals surface area (Å²) in [5.41, 5.74) is 1.38. The molecular formula is C21H20N2O4S. The Morgan fingerprint density at radius 3 is 2.18 bits per heavy atom. The van der Waals surface area contributed by atoms with E-state index in [2.05, 4.69) is 5.32 Å². The molecule has 0 aromatic heterocycles. The van der Waals surface area contributed by atoms with E-state index in [1.54, 1.807) is 42.5 Å². The first-order valence-electron chi connectivity index (χ1n) is 8.51. The minimum absolute atomic E-state index is 0.333. The smallest absolute Gasteiger partial charge is 0.255 e. The average molecular weight is 396 g/mol. The van der Waals surface area contributed by atoms with Gasteiger partial charge in [0.2, 0.25) is 10.0 Å². The zero-order valence-electron chi connectivity index (χ0n) is 15.5. The van der Waals surface area contributed by atoms with Crippen molar-refractivity contribution in [1.29, 1.82) is 0 Å². The van der Waals surface area contributed by atoms with Crippen LogP contribution in [0.2, 0.25) is 0 Å². The predicted molar refractivity (Wildman–Crippen MR) is 111 cm³/mol. The molecule has 144 valence electrons. The zero-order valence-corrected chi connectivity index (χ0v) is 16.3. The number of ether oxygens (including phenoxy) is 1. The van der Waals surface area contributed by atoms with E-state index in [4.69, 9.17) is 4.74 Å². The van der Waals surface area contributed by atoms with Crippen LogP contribution in [0.25, 0.3) is 0 Å². The molecule has 1 N–H and O–H groups in total. The molecule has 7 heteroatoms. The summed E-state index contributed by atoms with van der Waals surface area (Å²) in [6.07, 6.45) is 1.11. The fourth-order valence-corrected chi connectivity index (χ4v) is 2.97. The van der Waals surface area contributed by atoms with Crippen molar-refractivity contribution in [3.05, 3.63) is 84.4 Å².